The summed E-state index contributed by atoms with van der Waals surface area (Å²) in [4.78, 5) is 31.8. The van der Waals surface area contributed by atoms with E-state index in [4.69, 9.17) is 18.9 Å². The van der Waals surface area contributed by atoms with Gasteiger partial charge in [-0.2, -0.15) is 0 Å². The molecule has 4 rings (SSSR count). The molecular formula is C27H26N2O6S. The van der Waals surface area contributed by atoms with Gasteiger partial charge >= 0.3 is 5.97 Å². The maximum Gasteiger partial charge on any atom is 0.338 e. The SMILES string of the molecule is C=CCOC(=O)C1=C(C)N=c2s/c(=C\c3cc(OC)c(OC)c(OC)c3)c(=O)n2C1c1ccccc1. The predicted molar refractivity (Wildman–Crippen MR) is 137 cm³/mol. The number of nitrogens with zero attached hydrogens (tertiary/aromatic N) is 2. The van der Waals surface area contributed by atoms with Crippen molar-refractivity contribution >= 4 is 23.4 Å². The Balaban J connectivity index is 1.92. The summed E-state index contributed by atoms with van der Waals surface area (Å²) in [6.45, 7) is 5.41. The average molecular weight is 507 g/mol. The lowest BCUT2D eigenvalue weighted by atomic mass is 9.96. The van der Waals surface area contributed by atoms with Gasteiger partial charge in [0.15, 0.2) is 16.3 Å². The van der Waals surface area contributed by atoms with Gasteiger partial charge in [0.1, 0.15) is 6.61 Å². The van der Waals surface area contributed by atoms with Gasteiger partial charge in [-0.25, -0.2) is 9.79 Å². The van der Waals surface area contributed by atoms with Gasteiger partial charge in [-0.15, -0.1) is 0 Å². The molecule has 8 nitrogen and oxygen atoms in total. The van der Waals surface area contributed by atoms with Gasteiger partial charge in [-0.1, -0.05) is 54.3 Å². The zero-order chi connectivity index (χ0) is 25.8. The van der Waals surface area contributed by atoms with Crippen LogP contribution in [0.15, 0.2) is 76.2 Å². The van der Waals surface area contributed by atoms with Crippen molar-refractivity contribution in [2.75, 3.05) is 27.9 Å². The Hall–Kier alpha value is -4.11. The quantitative estimate of drug-likeness (QED) is 0.345. The molecule has 0 amide bonds. The molecule has 1 aliphatic heterocycles. The van der Waals surface area contributed by atoms with Crippen LogP contribution in [0.4, 0.5) is 0 Å². The summed E-state index contributed by atoms with van der Waals surface area (Å²) in [6, 6.07) is 12.2. The predicted octanol–water partition coefficient (Wildman–Crippen LogP) is 2.99. The van der Waals surface area contributed by atoms with Gasteiger partial charge in [-0.3, -0.25) is 9.36 Å². The van der Waals surface area contributed by atoms with Crippen LogP contribution in [0.2, 0.25) is 0 Å². The van der Waals surface area contributed by atoms with Crippen molar-refractivity contribution in [3.8, 4) is 17.2 Å². The highest BCUT2D eigenvalue weighted by molar-refractivity contribution is 7.07. The van der Waals surface area contributed by atoms with E-state index in [0.29, 0.717) is 43.4 Å². The summed E-state index contributed by atoms with van der Waals surface area (Å²) in [5.74, 6) is 0.868. The van der Waals surface area contributed by atoms with Crippen molar-refractivity contribution in [1.29, 1.82) is 0 Å². The number of aromatic nitrogens is 1. The third kappa shape index (κ3) is 4.57. The number of hydrogen-bond donors (Lipinski definition) is 0. The van der Waals surface area contributed by atoms with Gasteiger partial charge in [0, 0.05) is 0 Å². The van der Waals surface area contributed by atoms with Crippen molar-refractivity contribution < 1.29 is 23.7 Å². The zero-order valence-corrected chi connectivity index (χ0v) is 21.3. The summed E-state index contributed by atoms with van der Waals surface area (Å²) in [5, 5.41) is 0. The Morgan fingerprint density at radius 1 is 1.11 bits per heavy atom. The number of thiazole rings is 1. The lowest BCUT2D eigenvalue weighted by Crippen LogP contribution is -2.39. The summed E-state index contributed by atoms with van der Waals surface area (Å²) in [5.41, 5.74) is 2.00. The molecule has 0 saturated carbocycles. The minimum absolute atomic E-state index is 0.0582. The molecule has 1 aliphatic rings. The summed E-state index contributed by atoms with van der Waals surface area (Å²) < 4.78 is 23.6. The second-order valence-electron chi connectivity index (χ2n) is 7.84. The topological polar surface area (TPSA) is 88.4 Å². The minimum atomic E-state index is -0.679. The molecule has 3 aromatic rings. The molecule has 36 heavy (non-hydrogen) atoms. The molecule has 1 atom stereocenters. The van der Waals surface area contributed by atoms with E-state index < -0.39 is 12.0 Å². The van der Waals surface area contributed by atoms with Crippen molar-refractivity contribution in [2.24, 2.45) is 4.99 Å². The van der Waals surface area contributed by atoms with Crippen LogP contribution in [0.25, 0.3) is 6.08 Å². The van der Waals surface area contributed by atoms with Crippen LogP contribution in [0.1, 0.15) is 24.1 Å². The van der Waals surface area contributed by atoms with Crippen LogP contribution in [0.3, 0.4) is 0 Å². The molecule has 2 heterocycles. The lowest BCUT2D eigenvalue weighted by Gasteiger charge is -2.24. The number of benzene rings is 2. The number of fused-ring (bicyclic) bond motifs is 1. The van der Waals surface area contributed by atoms with Gasteiger partial charge in [0.2, 0.25) is 5.75 Å². The second kappa shape index (κ2) is 10.7. The minimum Gasteiger partial charge on any atom is -0.493 e. The number of carbonyl (C=O) groups excluding carboxylic acids is 1. The van der Waals surface area contributed by atoms with E-state index in [2.05, 4.69) is 11.6 Å². The third-order valence-electron chi connectivity index (χ3n) is 5.67. The van der Waals surface area contributed by atoms with Crippen LogP contribution < -0.4 is 29.1 Å². The molecular weight excluding hydrogens is 480 g/mol. The molecule has 9 heteroatoms. The van der Waals surface area contributed by atoms with E-state index in [9.17, 15) is 9.59 Å². The average Bonchev–Trinajstić information content (AvgIpc) is 3.20. The third-order valence-corrected chi connectivity index (χ3v) is 6.66. The zero-order valence-electron chi connectivity index (χ0n) is 20.4. The monoisotopic (exact) mass is 506 g/mol. The Bertz CT molecular complexity index is 1490. The highest BCUT2D eigenvalue weighted by Gasteiger charge is 2.33. The first kappa shape index (κ1) is 25.0. The fourth-order valence-corrected chi connectivity index (χ4v) is 5.13. The Labute approximate surface area is 212 Å². The van der Waals surface area contributed by atoms with Crippen LogP contribution in [0, 0.1) is 0 Å². The van der Waals surface area contributed by atoms with Crippen LogP contribution in [0.5, 0.6) is 17.2 Å². The largest absolute Gasteiger partial charge is 0.493 e. The van der Waals surface area contributed by atoms with E-state index >= 15 is 0 Å². The van der Waals surface area contributed by atoms with Crippen molar-refractivity contribution in [1.82, 2.24) is 4.57 Å². The fourth-order valence-electron chi connectivity index (χ4n) is 4.08. The van der Waals surface area contributed by atoms with Crippen LogP contribution in [-0.4, -0.2) is 38.5 Å². The molecule has 0 spiro atoms. The van der Waals surface area contributed by atoms with Crippen LogP contribution in [-0.2, 0) is 9.53 Å². The first-order valence-corrected chi connectivity index (χ1v) is 11.9. The normalized spacial score (nSPS) is 15.1. The molecule has 0 fully saturated rings. The van der Waals surface area contributed by atoms with E-state index in [1.54, 1.807) is 29.7 Å². The number of methoxy groups -OCH3 is 3. The van der Waals surface area contributed by atoms with E-state index in [-0.39, 0.29) is 12.2 Å². The van der Waals surface area contributed by atoms with Crippen LogP contribution >= 0.6 is 11.3 Å². The number of hydrogen-bond acceptors (Lipinski definition) is 8. The molecule has 0 radical (unpaired) electrons. The highest BCUT2D eigenvalue weighted by atomic mass is 32.1. The molecule has 186 valence electrons. The number of esters is 1. The van der Waals surface area contributed by atoms with Gasteiger partial charge in [-0.05, 0) is 36.3 Å². The first-order valence-electron chi connectivity index (χ1n) is 11.1. The Kier molecular flexibility index (Phi) is 7.40. The molecule has 2 aromatic carbocycles. The van der Waals surface area contributed by atoms with Crippen molar-refractivity contribution in [3.05, 3.63) is 97.2 Å². The summed E-state index contributed by atoms with van der Waals surface area (Å²) >= 11 is 1.24. The Morgan fingerprint density at radius 2 is 1.78 bits per heavy atom. The van der Waals surface area contributed by atoms with Gasteiger partial charge in [0.05, 0.1) is 43.2 Å². The Morgan fingerprint density at radius 3 is 2.36 bits per heavy atom. The standard InChI is InChI=1S/C27H26N2O6S/c1-6-12-35-26(31)22-16(2)28-27-29(23(22)18-10-8-7-9-11-18)25(30)21(36-27)15-17-13-19(32-3)24(34-5)20(14-17)33-4/h6-11,13-15,23H,1,12H2,2-5H3/b21-15-. The highest BCUT2D eigenvalue weighted by Crippen LogP contribution is 2.38. The number of rotatable bonds is 8. The lowest BCUT2D eigenvalue weighted by molar-refractivity contribution is -0.138. The second-order valence-corrected chi connectivity index (χ2v) is 8.85. The van der Waals surface area contributed by atoms with Gasteiger partial charge < -0.3 is 18.9 Å². The van der Waals surface area contributed by atoms with Crippen molar-refractivity contribution in [2.45, 2.75) is 13.0 Å². The maximum absolute atomic E-state index is 13.7. The van der Waals surface area contributed by atoms with Gasteiger partial charge in [0.25, 0.3) is 5.56 Å². The van der Waals surface area contributed by atoms with E-state index in [0.717, 1.165) is 5.56 Å². The smallest absolute Gasteiger partial charge is 0.338 e. The fraction of sp³-hybridized carbons (Fsp3) is 0.222. The first-order chi connectivity index (χ1) is 17.4. The van der Waals surface area contributed by atoms with E-state index in [1.807, 2.05) is 30.3 Å². The van der Waals surface area contributed by atoms with Crippen molar-refractivity contribution in [3.63, 3.8) is 0 Å². The molecule has 0 bridgehead atoms. The summed E-state index contributed by atoms with van der Waals surface area (Å²) in [7, 11) is 4.59. The molecule has 0 aliphatic carbocycles. The summed E-state index contributed by atoms with van der Waals surface area (Å²) in [6.07, 6.45) is 3.24. The molecule has 1 aromatic heterocycles. The maximum atomic E-state index is 13.7. The molecule has 0 N–H and O–H groups in total. The number of allylic oxidation sites excluding steroid dienone is 1. The molecule has 1 unspecified atom stereocenters. The number of carbonyl (C=O) groups is 1. The van der Waals surface area contributed by atoms with E-state index in [1.165, 1.54) is 38.7 Å². The number of ether oxygens (including phenoxy) is 4. The molecule has 0 saturated heterocycles.